The number of benzene rings is 2. The van der Waals surface area contributed by atoms with Crippen molar-refractivity contribution in [2.24, 2.45) is 20.0 Å². The van der Waals surface area contributed by atoms with E-state index in [1.165, 1.54) is 21.4 Å². The SMILES string of the molecule is Cc1cc(C(=O)N2CCC(CN3CCN(c4cccc5c4n(C)c(=O)n5C4CCC(=O)NC4=O)C[C@@H]3C)CC2)cc(F)c1C1=CCN([C@@H](C)c2cc3c(-n4cc(F)c5c(c4=O)CCN5)ccnc3n2C)CC1. The molecular formula is C54H61F2N11O5. The average molecular weight is 982 g/mol. The van der Waals surface area contributed by atoms with Gasteiger partial charge < -0.3 is 19.7 Å². The van der Waals surface area contributed by atoms with E-state index in [9.17, 15) is 24.0 Å². The third kappa shape index (κ3) is 8.12. The second kappa shape index (κ2) is 18.6. The van der Waals surface area contributed by atoms with Gasteiger partial charge in [0.15, 0.2) is 5.82 Å². The van der Waals surface area contributed by atoms with Gasteiger partial charge in [0.1, 0.15) is 17.5 Å². The summed E-state index contributed by atoms with van der Waals surface area (Å²) in [7, 11) is 3.69. The van der Waals surface area contributed by atoms with Gasteiger partial charge in [0.05, 0.1) is 34.3 Å². The average Bonchev–Trinajstić information content (AvgIpc) is 4.08. The zero-order valence-corrected chi connectivity index (χ0v) is 41.5. The number of imide groups is 1. The zero-order valence-electron chi connectivity index (χ0n) is 41.5. The lowest BCUT2D eigenvalue weighted by Crippen LogP contribution is -2.54. The van der Waals surface area contributed by atoms with Crippen molar-refractivity contribution in [3.63, 3.8) is 0 Å². The van der Waals surface area contributed by atoms with Crippen LogP contribution in [0.4, 0.5) is 20.2 Å². The Kier molecular flexibility index (Phi) is 12.2. The van der Waals surface area contributed by atoms with Gasteiger partial charge in [0.2, 0.25) is 11.8 Å². The van der Waals surface area contributed by atoms with Crippen LogP contribution < -0.4 is 26.8 Å². The lowest BCUT2D eigenvalue weighted by Gasteiger charge is -2.43. The van der Waals surface area contributed by atoms with E-state index in [4.69, 9.17) is 0 Å². The highest BCUT2D eigenvalue weighted by Gasteiger charge is 2.35. The third-order valence-corrected chi connectivity index (χ3v) is 16.3. The van der Waals surface area contributed by atoms with Gasteiger partial charge in [-0.3, -0.25) is 48.0 Å². The first-order valence-electron chi connectivity index (χ1n) is 25.3. The molecule has 9 heterocycles. The minimum Gasteiger partial charge on any atom is -0.382 e. The van der Waals surface area contributed by atoms with Gasteiger partial charge in [-0.2, -0.15) is 0 Å². The number of carbonyl (C=O) groups excluding carboxylic acids is 3. The minimum atomic E-state index is -0.739. The Morgan fingerprint density at radius 2 is 1.71 bits per heavy atom. The van der Waals surface area contributed by atoms with Gasteiger partial charge in [0, 0.05) is 125 Å². The molecule has 3 amide bonds. The van der Waals surface area contributed by atoms with Crippen molar-refractivity contribution in [1.82, 2.24) is 43.3 Å². The Hall–Kier alpha value is -6.92. The highest BCUT2D eigenvalue weighted by atomic mass is 19.1. The molecule has 5 aliphatic heterocycles. The van der Waals surface area contributed by atoms with E-state index in [0.717, 1.165) is 72.4 Å². The van der Waals surface area contributed by atoms with Crippen LogP contribution in [0.5, 0.6) is 0 Å². The number of aryl methyl sites for hydroxylation is 3. The summed E-state index contributed by atoms with van der Waals surface area (Å²) in [5.74, 6) is -1.35. The van der Waals surface area contributed by atoms with Gasteiger partial charge in [-0.25, -0.2) is 18.6 Å². The fourth-order valence-corrected chi connectivity index (χ4v) is 12.3. The molecule has 3 saturated heterocycles. The van der Waals surface area contributed by atoms with Crippen molar-refractivity contribution < 1.29 is 23.2 Å². The number of anilines is 2. The van der Waals surface area contributed by atoms with Crippen molar-refractivity contribution >= 4 is 56.7 Å². The molecule has 2 N–H and O–H groups in total. The summed E-state index contributed by atoms with van der Waals surface area (Å²) in [6.07, 6.45) is 8.27. The summed E-state index contributed by atoms with van der Waals surface area (Å²) >= 11 is 0. The van der Waals surface area contributed by atoms with Gasteiger partial charge >= 0.3 is 5.69 Å². The summed E-state index contributed by atoms with van der Waals surface area (Å²) in [4.78, 5) is 79.3. The Morgan fingerprint density at radius 3 is 2.44 bits per heavy atom. The van der Waals surface area contributed by atoms with Gasteiger partial charge in [0.25, 0.3) is 11.5 Å². The number of rotatable bonds is 9. The number of piperazine rings is 1. The summed E-state index contributed by atoms with van der Waals surface area (Å²) in [5, 5.41) is 6.13. The predicted octanol–water partition coefficient (Wildman–Crippen LogP) is 5.82. The van der Waals surface area contributed by atoms with E-state index in [1.807, 2.05) is 53.8 Å². The third-order valence-electron chi connectivity index (χ3n) is 16.3. The van der Waals surface area contributed by atoms with E-state index in [1.54, 1.807) is 23.9 Å². The molecule has 376 valence electrons. The van der Waals surface area contributed by atoms with E-state index in [2.05, 4.69) is 50.2 Å². The van der Waals surface area contributed by atoms with E-state index in [0.29, 0.717) is 85.0 Å². The second-order valence-electron chi connectivity index (χ2n) is 20.5. The smallest absolute Gasteiger partial charge is 0.329 e. The number of para-hydroxylation sites is 1. The van der Waals surface area contributed by atoms with Crippen LogP contribution in [-0.2, 0) is 30.1 Å². The maximum atomic E-state index is 16.2. The molecule has 6 aromatic rings. The summed E-state index contributed by atoms with van der Waals surface area (Å²) in [6, 6.07) is 12.3. The predicted molar refractivity (Wildman–Crippen MR) is 273 cm³/mol. The summed E-state index contributed by atoms with van der Waals surface area (Å²) in [5.41, 5.74) is 7.46. The number of nitrogens with one attached hydrogen (secondary N) is 2. The number of aromatic nitrogens is 5. The van der Waals surface area contributed by atoms with Crippen LogP contribution in [0.3, 0.4) is 0 Å². The fourth-order valence-electron chi connectivity index (χ4n) is 12.3. The molecule has 0 saturated carbocycles. The molecular weight excluding hydrogens is 921 g/mol. The maximum Gasteiger partial charge on any atom is 0.329 e. The number of carbonyl (C=O) groups is 3. The largest absolute Gasteiger partial charge is 0.382 e. The number of imidazole rings is 1. The zero-order chi connectivity index (χ0) is 50.3. The first-order chi connectivity index (χ1) is 34.7. The van der Waals surface area contributed by atoms with Crippen LogP contribution >= 0.6 is 0 Å². The first kappa shape index (κ1) is 47.4. The molecule has 0 radical (unpaired) electrons. The number of hydrogen-bond acceptors (Lipinski definition) is 10. The minimum absolute atomic E-state index is 0.0448. The molecule has 3 atom stereocenters. The fraction of sp³-hybridized carbons (Fsp3) is 0.444. The standard InChI is InChI=1S/C54H61F2N11O5/c1-31-25-36(26-39(55)47(31)35-15-21-62(22-16-35)33(3)45-27-38-41(12-18-58-50(38)60(45)4)66-30-40(56)48-37(53(66)71)11-17-57-48)52(70)63-19-13-34(14-20-63)29-64-23-24-65(28-32(64)2)42-7-6-8-43-49(42)61(5)54(72)67(43)44-9-10-46(68)59-51(44)69/h6-8,12,15,18,25-27,30,32-34,44,57H,9-11,13-14,16-17,19-24,28-29H2,1-5H3,(H,59,68,69)/t32-,33-,44?/m0/s1. The van der Waals surface area contributed by atoms with E-state index in [-0.39, 0.29) is 59.5 Å². The molecule has 2 aromatic carbocycles. The molecule has 11 rings (SSSR count). The molecule has 1 unspecified atom stereocenters. The highest BCUT2D eigenvalue weighted by Crippen LogP contribution is 2.36. The van der Waals surface area contributed by atoms with Gasteiger partial charge in [-0.05, 0) is 106 Å². The Morgan fingerprint density at radius 1 is 0.903 bits per heavy atom. The Labute approximate surface area is 415 Å². The summed E-state index contributed by atoms with van der Waals surface area (Å²) in [6.45, 7) is 12.5. The quantitative estimate of drug-likeness (QED) is 0.170. The number of fused-ring (bicyclic) bond motifs is 3. The Bertz CT molecular complexity index is 3340. The van der Waals surface area contributed by atoms with Crippen LogP contribution in [-0.4, -0.2) is 121 Å². The Balaban J connectivity index is 0.704. The monoisotopic (exact) mass is 981 g/mol. The molecule has 4 aromatic heterocycles. The molecule has 5 aliphatic rings. The summed E-state index contributed by atoms with van der Waals surface area (Å²) < 4.78 is 37.9. The number of halogens is 2. The number of amides is 3. The van der Waals surface area contributed by atoms with Crippen LogP contribution in [0.25, 0.3) is 33.3 Å². The number of likely N-dealkylation sites (tertiary alicyclic amines) is 1. The number of hydrogen-bond donors (Lipinski definition) is 2. The molecule has 0 spiro atoms. The lowest BCUT2D eigenvalue weighted by molar-refractivity contribution is -0.135. The lowest BCUT2D eigenvalue weighted by atomic mass is 9.92. The van der Waals surface area contributed by atoms with E-state index >= 15 is 8.78 Å². The molecule has 3 fully saturated rings. The van der Waals surface area contributed by atoms with E-state index < -0.39 is 17.8 Å². The van der Waals surface area contributed by atoms with Crippen LogP contribution in [0.1, 0.15) is 90.8 Å². The highest BCUT2D eigenvalue weighted by molar-refractivity contribution is 6.00. The number of nitrogens with zero attached hydrogens (tertiary/aromatic N) is 9. The normalized spacial score (nSPS) is 20.8. The second-order valence-corrected chi connectivity index (χ2v) is 20.5. The molecule has 72 heavy (non-hydrogen) atoms. The van der Waals surface area contributed by atoms with Crippen molar-refractivity contribution in [1.29, 1.82) is 0 Å². The van der Waals surface area contributed by atoms with Crippen LogP contribution in [0.15, 0.2) is 70.5 Å². The van der Waals surface area contributed by atoms with Crippen molar-refractivity contribution in [2.75, 3.05) is 69.1 Å². The number of pyridine rings is 2. The van der Waals surface area contributed by atoms with Gasteiger partial charge in [-0.1, -0.05) is 12.1 Å². The molecule has 0 bridgehead atoms. The topological polar surface area (TPSA) is 155 Å². The van der Waals surface area contributed by atoms with Crippen LogP contribution in [0, 0.1) is 24.5 Å². The van der Waals surface area contributed by atoms with Crippen molar-refractivity contribution in [3.8, 4) is 5.69 Å². The molecule has 0 aliphatic carbocycles. The molecule has 16 nitrogen and oxygen atoms in total. The van der Waals surface area contributed by atoms with Gasteiger partial charge in [-0.15, -0.1) is 0 Å². The van der Waals surface area contributed by atoms with Crippen molar-refractivity contribution in [2.45, 2.75) is 77.4 Å². The first-order valence-corrected chi connectivity index (χ1v) is 25.3. The molecule has 18 heteroatoms. The van der Waals surface area contributed by atoms with Crippen LogP contribution in [0.2, 0.25) is 0 Å². The van der Waals surface area contributed by atoms with Crippen molar-refractivity contribution in [3.05, 3.63) is 121 Å². The maximum absolute atomic E-state index is 16.2. The number of piperidine rings is 2.